The fourth-order valence-electron chi connectivity index (χ4n) is 4.91. The number of hydrogen-bond acceptors (Lipinski definition) is 3. The number of rotatable bonds is 4. The molecule has 0 aromatic heterocycles. The number of nitrogens with zero attached hydrogens (tertiary/aromatic N) is 1. The molecule has 4 heteroatoms. The highest BCUT2D eigenvalue weighted by Gasteiger charge is 2.24. The van der Waals surface area contributed by atoms with Crippen LogP contribution < -0.4 is 10.5 Å². The Hall–Kier alpha value is -3.11. The molecular weight excluding hydrogens is 384 g/mol. The molecule has 0 bridgehead atoms. The van der Waals surface area contributed by atoms with E-state index in [1.54, 1.807) is 6.07 Å². The number of benzene rings is 3. The zero-order valence-corrected chi connectivity index (χ0v) is 17.7. The monoisotopic (exact) mass is 412 g/mol. The highest BCUT2D eigenvalue weighted by Crippen LogP contribution is 2.36. The van der Waals surface area contributed by atoms with E-state index in [1.807, 2.05) is 12.1 Å². The van der Waals surface area contributed by atoms with Gasteiger partial charge in [-0.3, -0.25) is 9.69 Å². The Morgan fingerprint density at radius 2 is 1.68 bits per heavy atom. The lowest BCUT2D eigenvalue weighted by Gasteiger charge is -2.36. The molecule has 31 heavy (non-hydrogen) atoms. The maximum atomic E-state index is 11.5. The predicted molar refractivity (Wildman–Crippen MR) is 122 cm³/mol. The summed E-state index contributed by atoms with van der Waals surface area (Å²) in [4.78, 5) is 14.1. The van der Waals surface area contributed by atoms with Gasteiger partial charge in [0, 0.05) is 18.2 Å². The largest absolute Gasteiger partial charge is 0.457 e. The summed E-state index contributed by atoms with van der Waals surface area (Å²) in [6, 6.07) is 23.4. The Kier molecular flexibility index (Phi) is 5.47. The van der Waals surface area contributed by atoms with Crippen LogP contribution in [0.3, 0.4) is 0 Å². The molecule has 1 amide bonds. The van der Waals surface area contributed by atoms with Gasteiger partial charge in [-0.25, -0.2) is 0 Å². The average Bonchev–Trinajstić information content (AvgIpc) is 2.98. The van der Waals surface area contributed by atoms with Crippen LogP contribution in [0.5, 0.6) is 11.5 Å². The molecule has 3 aromatic rings. The van der Waals surface area contributed by atoms with Crippen molar-refractivity contribution in [2.45, 2.75) is 44.7 Å². The number of carbonyl (C=O) groups excluding carboxylic acids is 1. The summed E-state index contributed by atoms with van der Waals surface area (Å²) in [7, 11) is 0. The second-order valence-corrected chi connectivity index (χ2v) is 8.62. The first-order valence-corrected chi connectivity index (χ1v) is 11.2. The summed E-state index contributed by atoms with van der Waals surface area (Å²) in [5, 5.41) is 0. The van der Waals surface area contributed by atoms with Gasteiger partial charge in [-0.05, 0) is 78.7 Å². The number of ether oxygens (including phenoxy) is 1. The van der Waals surface area contributed by atoms with Crippen LogP contribution in [-0.4, -0.2) is 17.4 Å². The van der Waals surface area contributed by atoms with Gasteiger partial charge in [0.05, 0.1) is 0 Å². The number of amides is 1. The van der Waals surface area contributed by atoms with Crippen LogP contribution in [0.1, 0.15) is 57.9 Å². The van der Waals surface area contributed by atoms with Gasteiger partial charge < -0.3 is 10.5 Å². The lowest BCUT2D eigenvalue weighted by molar-refractivity contribution is 0.1000. The van der Waals surface area contributed by atoms with Crippen LogP contribution >= 0.6 is 0 Å². The van der Waals surface area contributed by atoms with E-state index in [-0.39, 0.29) is 0 Å². The molecule has 2 heterocycles. The lowest BCUT2D eigenvalue weighted by Crippen LogP contribution is -2.32. The van der Waals surface area contributed by atoms with E-state index < -0.39 is 5.91 Å². The van der Waals surface area contributed by atoms with Crippen LogP contribution in [0.25, 0.3) is 0 Å². The van der Waals surface area contributed by atoms with E-state index in [9.17, 15) is 4.79 Å². The normalized spacial score (nSPS) is 18.4. The highest BCUT2D eigenvalue weighted by atomic mass is 16.5. The van der Waals surface area contributed by atoms with E-state index in [0.29, 0.717) is 11.6 Å². The van der Waals surface area contributed by atoms with E-state index in [1.165, 1.54) is 36.0 Å². The lowest BCUT2D eigenvalue weighted by atomic mass is 9.94. The minimum Gasteiger partial charge on any atom is -0.457 e. The maximum absolute atomic E-state index is 11.5. The number of fused-ring (bicyclic) bond motifs is 2. The molecule has 0 radical (unpaired) electrons. The predicted octanol–water partition coefficient (Wildman–Crippen LogP) is 5.40. The topological polar surface area (TPSA) is 55.6 Å². The van der Waals surface area contributed by atoms with Gasteiger partial charge in [0.1, 0.15) is 11.5 Å². The van der Waals surface area contributed by atoms with Crippen molar-refractivity contribution < 1.29 is 9.53 Å². The Balaban J connectivity index is 1.36. The van der Waals surface area contributed by atoms with Crippen LogP contribution in [0.4, 0.5) is 0 Å². The average molecular weight is 413 g/mol. The third-order valence-corrected chi connectivity index (χ3v) is 6.54. The standard InChI is InChI=1S/C27H28N2O2/c28-27(30)23-12-14-26-22(17-23)11-10-21-16-19(9-13-25(21)31-26)18-29-15-5-4-8-24(29)20-6-2-1-3-7-20/h1-3,6-7,9,12-14,16-17,24H,4-5,8,10-11,15,18H2,(H2,28,30). The van der Waals surface area contributed by atoms with E-state index >= 15 is 0 Å². The van der Waals surface area contributed by atoms with Crippen molar-refractivity contribution in [2.75, 3.05) is 6.54 Å². The SMILES string of the molecule is NC(=O)c1ccc2c(c1)CCc1cc(CN3CCCCC3c3ccccc3)ccc1O2. The number of aryl methyl sites for hydroxylation is 2. The molecule has 2 aliphatic rings. The molecule has 1 unspecified atom stereocenters. The first kappa shape index (κ1) is 19.8. The van der Waals surface area contributed by atoms with Crippen LogP contribution in [-0.2, 0) is 19.4 Å². The van der Waals surface area contributed by atoms with Crippen molar-refractivity contribution in [2.24, 2.45) is 5.73 Å². The molecule has 0 aliphatic carbocycles. The van der Waals surface area contributed by atoms with Crippen molar-refractivity contribution in [3.8, 4) is 11.5 Å². The quantitative estimate of drug-likeness (QED) is 0.624. The van der Waals surface area contributed by atoms with Crippen LogP contribution in [0.15, 0.2) is 66.7 Å². The third kappa shape index (κ3) is 4.21. The minimum atomic E-state index is -0.402. The summed E-state index contributed by atoms with van der Waals surface area (Å²) in [5.74, 6) is 1.32. The van der Waals surface area contributed by atoms with Crippen molar-refractivity contribution in [3.63, 3.8) is 0 Å². The van der Waals surface area contributed by atoms with Gasteiger partial charge in [0.25, 0.3) is 0 Å². The summed E-state index contributed by atoms with van der Waals surface area (Å²) < 4.78 is 6.21. The fourth-order valence-corrected chi connectivity index (χ4v) is 4.91. The Morgan fingerprint density at radius 1 is 0.935 bits per heavy atom. The van der Waals surface area contributed by atoms with Crippen LogP contribution in [0, 0.1) is 0 Å². The Morgan fingerprint density at radius 3 is 2.45 bits per heavy atom. The van der Waals surface area contributed by atoms with E-state index in [2.05, 4.69) is 53.4 Å². The number of nitrogens with two attached hydrogens (primary N) is 1. The van der Waals surface area contributed by atoms with Gasteiger partial charge in [0.15, 0.2) is 0 Å². The molecule has 2 aliphatic heterocycles. The molecule has 1 fully saturated rings. The molecule has 5 rings (SSSR count). The zero-order chi connectivity index (χ0) is 21.2. The molecule has 2 N–H and O–H groups in total. The van der Waals surface area contributed by atoms with Gasteiger partial charge in [-0.1, -0.05) is 48.9 Å². The van der Waals surface area contributed by atoms with Gasteiger partial charge >= 0.3 is 0 Å². The van der Waals surface area contributed by atoms with Gasteiger partial charge in [-0.2, -0.15) is 0 Å². The minimum absolute atomic E-state index is 0.402. The van der Waals surface area contributed by atoms with Crippen molar-refractivity contribution >= 4 is 5.91 Å². The highest BCUT2D eigenvalue weighted by molar-refractivity contribution is 5.93. The molecule has 4 nitrogen and oxygen atoms in total. The molecule has 158 valence electrons. The molecule has 1 atom stereocenters. The third-order valence-electron chi connectivity index (χ3n) is 6.54. The summed E-state index contributed by atoms with van der Waals surface area (Å²) in [6.45, 7) is 2.08. The number of hydrogen-bond donors (Lipinski definition) is 1. The Bertz CT molecular complexity index is 1090. The first-order valence-electron chi connectivity index (χ1n) is 11.2. The second kappa shape index (κ2) is 8.56. The molecule has 0 saturated carbocycles. The van der Waals surface area contributed by atoms with Crippen molar-refractivity contribution in [3.05, 3.63) is 94.5 Å². The van der Waals surface area contributed by atoms with E-state index in [4.69, 9.17) is 10.5 Å². The van der Waals surface area contributed by atoms with Gasteiger partial charge in [-0.15, -0.1) is 0 Å². The molecule has 1 saturated heterocycles. The van der Waals surface area contributed by atoms with Crippen LogP contribution in [0.2, 0.25) is 0 Å². The fraction of sp³-hybridized carbons (Fsp3) is 0.296. The maximum Gasteiger partial charge on any atom is 0.248 e. The van der Waals surface area contributed by atoms with Crippen molar-refractivity contribution in [1.29, 1.82) is 0 Å². The summed E-state index contributed by atoms with van der Waals surface area (Å²) >= 11 is 0. The molecule has 0 spiro atoms. The number of likely N-dealkylation sites (tertiary alicyclic amines) is 1. The molecular formula is C27H28N2O2. The second-order valence-electron chi connectivity index (χ2n) is 8.62. The number of carbonyl (C=O) groups is 1. The number of piperidine rings is 1. The smallest absolute Gasteiger partial charge is 0.248 e. The summed E-state index contributed by atoms with van der Waals surface area (Å²) in [5.41, 5.74) is 11.0. The molecule has 3 aromatic carbocycles. The van der Waals surface area contributed by atoms with Gasteiger partial charge in [0.2, 0.25) is 5.91 Å². The van der Waals surface area contributed by atoms with E-state index in [0.717, 1.165) is 43.0 Å². The summed E-state index contributed by atoms with van der Waals surface area (Å²) in [6.07, 6.45) is 5.49. The number of primary amides is 1. The Labute approximate surface area is 183 Å². The first-order chi connectivity index (χ1) is 15.2. The van der Waals surface area contributed by atoms with Crippen molar-refractivity contribution in [1.82, 2.24) is 4.90 Å². The zero-order valence-electron chi connectivity index (χ0n) is 17.7.